The van der Waals surface area contributed by atoms with E-state index in [0.29, 0.717) is 12.0 Å². The number of amides is 1. The highest BCUT2D eigenvalue weighted by Gasteiger charge is 2.19. The van der Waals surface area contributed by atoms with Gasteiger partial charge in [0.05, 0.1) is 5.92 Å². The van der Waals surface area contributed by atoms with Gasteiger partial charge < -0.3 is 10.4 Å². The molecule has 1 atom stereocenters. The van der Waals surface area contributed by atoms with E-state index in [1.807, 2.05) is 62.4 Å². The molecule has 1 unspecified atom stereocenters. The Morgan fingerprint density at radius 1 is 1.00 bits per heavy atom. The van der Waals surface area contributed by atoms with Gasteiger partial charge in [-0.2, -0.15) is 0 Å². The average Bonchev–Trinajstić information content (AvgIpc) is 2.65. The van der Waals surface area contributed by atoms with Gasteiger partial charge in [-0.15, -0.1) is 0 Å². The first-order chi connectivity index (χ1) is 12.9. The number of Topliss-reactive ketones (excluding diaryl/α,β-unsaturated/α-hetero) is 1. The van der Waals surface area contributed by atoms with E-state index in [1.54, 1.807) is 0 Å². The molecule has 2 aromatic rings. The van der Waals surface area contributed by atoms with Crippen molar-refractivity contribution in [1.29, 1.82) is 0 Å². The quantitative estimate of drug-likeness (QED) is 0.666. The van der Waals surface area contributed by atoms with Crippen molar-refractivity contribution in [2.75, 3.05) is 6.54 Å². The van der Waals surface area contributed by atoms with Gasteiger partial charge in [0.25, 0.3) is 0 Å². The first-order valence-electron chi connectivity index (χ1n) is 9.00. The third-order valence-corrected chi connectivity index (χ3v) is 4.49. The number of carboxylic acid groups (broad SMARTS) is 1. The van der Waals surface area contributed by atoms with Crippen molar-refractivity contribution in [3.63, 3.8) is 0 Å². The minimum Gasteiger partial charge on any atom is -0.481 e. The minimum atomic E-state index is -0.953. The summed E-state index contributed by atoms with van der Waals surface area (Å²) in [6.45, 7) is 3.83. The predicted octanol–water partition coefficient (Wildman–Crippen LogP) is 3.33. The van der Waals surface area contributed by atoms with Crippen molar-refractivity contribution < 1.29 is 19.5 Å². The Labute approximate surface area is 159 Å². The summed E-state index contributed by atoms with van der Waals surface area (Å²) in [5.74, 6) is -2.05. The van der Waals surface area contributed by atoms with Crippen LogP contribution in [0.1, 0.15) is 39.9 Å². The number of nitrogens with one attached hydrogen (secondary N) is 1. The fourth-order valence-corrected chi connectivity index (χ4v) is 2.87. The lowest BCUT2D eigenvalue weighted by Crippen LogP contribution is -2.34. The van der Waals surface area contributed by atoms with Gasteiger partial charge >= 0.3 is 5.97 Å². The van der Waals surface area contributed by atoms with Gasteiger partial charge in [0, 0.05) is 24.9 Å². The van der Waals surface area contributed by atoms with Crippen LogP contribution in [0.15, 0.2) is 48.5 Å². The number of aryl methyl sites for hydroxylation is 2. The van der Waals surface area contributed by atoms with Crippen LogP contribution in [0.25, 0.3) is 0 Å². The van der Waals surface area contributed by atoms with Crippen LogP contribution in [-0.4, -0.2) is 29.3 Å². The summed E-state index contributed by atoms with van der Waals surface area (Å²) in [7, 11) is 0. The predicted molar refractivity (Wildman–Crippen MR) is 104 cm³/mol. The van der Waals surface area contributed by atoms with Crippen molar-refractivity contribution in [2.24, 2.45) is 5.92 Å². The lowest BCUT2D eigenvalue weighted by atomic mass is 9.98. The maximum Gasteiger partial charge on any atom is 0.308 e. The van der Waals surface area contributed by atoms with Crippen LogP contribution in [0.2, 0.25) is 0 Å². The molecule has 5 nitrogen and oxygen atoms in total. The van der Waals surface area contributed by atoms with E-state index >= 15 is 0 Å². The van der Waals surface area contributed by atoms with Gasteiger partial charge in [-0.25, -0.2) is 0 Å². The van der Waals surface area contributed by atoms with Crippen molar-refractivity contribution >= 4 is 17.7 Å². The number of aliphatic carboxylic acids is 1. The topological polar surface area (TPSA) is 83.5 Å². The number of hydrogen-bond donors (Lipinski definition) is 2. The number of hydrogen-bond acceptors (Lipinski definition) is 3. The van der Waals surface area contributed by atoms with Gasteiger partial charge in [-0.05, 0) is 37.5 Å². The normalized spacial score (nSPS) is 11.6. The molecule has 0 saturated carbocycles. The second kappa shape index (κ2) is 9.67. The molecule has 142 valence electrons. The standard InChI is InChI=1S/C22H25NO4/c1-15-8-9-16(2)19(12-15)20(24)10-11-21(25)23-14-18(22(26)27)13-17-6-4-3-5-7-17/h3-9,12,18H,10-11,13-14H2,1-2H3,(H,23,25)(H,26,27). The van der Waals surface area contributed by atoms with E-state index in [2.05, 4.69) is 5.32 Å². The first-order valence-corrected chi connectivity index (χ1v) is 9.00. The molecule has 0 spiro atoms. The average molecular weight is 367 g/mol. The van der Waals surface area contributed by atoms with Crippen molar-refractivity contribution in [2.45, 2.75) is 33.1 Å². The fourth-order valence-electron chi connectivity index (χ4n) is 2.87. The molecule has 5 heteroatoms. The van der Waals surface area contributed by atoms with Crippen LogP contribution in [0, 0.1) is 19.8 Å². The van der Waals surface area contributed by atoms with E-state index in [1.165, 1.54) is 0 Å². The summed E-state index contributed by atoms with van der Waals surface area (Å²) in [4.78, 5) is 35.8. The van der Waals surface area contributed by atoms with Crippen LogP contribution >= 0.6 is 0 Å². The highest BCUT2D eigenvalue weighted by molar-refractivity contribution is 5.99. The maximum atomic E-state index is 12.3. The summed E-state index contributed by atoms with van der Waals surface area (Å²) in [6, 6.07) is 15.0. The highest BCUT2D eigenvalue weighted by Crippen LogP contribution is 2.14. The summed E-state index contributed by atoms with van der Waals surface area (Å²) >= 11 is 0. The second-order valence-electron chi connectivity index (χ2n) is 6.77. The number of carbonyl (C=O) groups excluding carboxylic acids is 2. The third kappa shape index (κ3) is 6.37. The zero-order chi connectivity index (χ0) is 19.8. The van der Waals surface area contributed by atoms with Gasteiger partial charge in [-0.1, -0.05) is 48.0 Å². The third-order valence-electron chi connectivity index (χ3n) is 4.49. The van der Waals surface area contributed by atoms with Gasteiger partial charge in [0.1, 0.15) is 0 Å². The van der Waals surface area contributed by atoms with Gasteiger partial charge in [-0.3, -0.25) is 14.4 Å². The maximum absolute atomic E-state index is 12.3. The van der Waals surface area contributed by atoms with Crippen molar-refractivity contribution in [3.8, 4) is 0 Å². The molecule has 2 aromatic carbocycles. The Balaban J connectivity index is 1.84. The number of benzene rings is 2. The van der Waals surface area contributed by atoms with E-state index < -0.39 is 11.9 Å². The van der Waals surface area contributed by atoms with Crippen LogP contribution in [-0.2, 0) is 16.0 Å². The van der Waals surface area contributed by atoms with Crippen molar-refractivity contribution in [3.05, 3.63) is 70.8 Å². The van der Waals surface area contributed by atoms with Crippen molar-refractivity contribution in [1.82, 2.24) is 5.32 Å². The molecular formula is C22H25NO4. The number of ketones is 1. The monoisotopic (exact) mass is 367 g/mol. The molecule has 2 rings (SSSR count). The summed E-state index contributed by atoms with van der Waals surface area (Å²) < 4.78 is 0. The van der Waals surface area contributed by atoms with Crippen LogP contribution < -0.4 is 5.32 Å². The molecule has 0 fully saturated rings. The first kappa shape index (κ1) is 20.4. The number of carbonyl (C=O) groups is 3. The molecule has 0 heterocycles. The molecule has 0 aliphatic rings. The molecule has 0 aliphatic carbocycles. The van der Waals surface area contributed by atoms with Gasteiger partial charge in [0.15, 0.2) is 5.78 Å². The van der Waals surface area contributed by atoms with E-state index in [0.717, 1.165) is 16.7 Å². The number of carboxylic acids is 1. The lowest BCUT2D eigenvalue weighted by Gasteiger charge is -2.13. The highest BCUT2D eigenvalue weighted by atomic mass is 16.4. The van der Waals surface area contributed by atoms with E-state index in [4.69, 9.17) is 0 Å². The summed E-state index contributed by atoms with van der Waals surface area (Å²) in [5.41, 5.74) is 3.43. The minimum absolute atomic E-state index is 0.0424. The second-order valence-corrected chi connectivity index (χ2v) is 6.77. The SMILES string of the molecule is Cc1ccc(C)c(C(=O)CCC(=O)NCC(Cc2ccccc2)C(=O)O)c1. The molecule has 1 amide bonds. The largest absolute Gasteiger partial charge is 0.481 e. The molecule has 0 bridgehead atoms. The Bertz CT molecular complexity index is 814. The molecule has 0 aliphatic heterocycles. The Hall–Kier alpha value is -2.95. The van der Waals surface area contributed by atoms with Crippen LogP contribution in [0.3, 0.4) is 0 Å². The lowest BCUT2D eigenvalue weighted by molar-refractivity contribution is -0.141. The molecule has 27 heavy (non-hydrogen) atoms. The Morgan fingerprint density at radius 3 is 2.37 bits per heavy atom. The van der Waals surface area contributed by atoms with Crippen LogP contribution in [0.5, 0.6) is 0 Å². The summed E-state index contributed by atoms with van der Waals surface area (Å²) in [6.07, 6.45) is 0.494. The van der Waals surface area contributed by atoms with E-state index in [-0.39, 0.29) is 31.1 Å². The van der Waals surface area contributed by atoms with Crippen LogP contribution in [0.4, 0.5) is 0 Å². The Kier molecular flexibility index (Phi) is 7.29. The molecular weight excluding hydrogens is 342 g/mol. The number of rotatable bonds is 9. The van der Waals surface area contributed by atoms with Gasteiger partial charge in [0.2, 0.25) is 5.91 Å². The molecule has 0 aromatic heterocycles. The molecule has 0 radical (unpaired) electrons. The zero-order valence-electron chi connectivity index (χ0n) is 15.7. The fraction of sp³-hybridized carbons (Fsp3) is 0.318. The summed E-state index contributed by atoms with van der Waals surface area (Å²) in [5, 5.41) is 12.0. The smallest absolute Gasteiger partial charge is 0.308 e. The molecule has 0 saturated heterocycles. The zero-order valence-corrected chi connectivity index (χ0v) is 15.7. The van der Waals surface area contributed by atoms with E-state index in [9.17, 15) is 19.5 Å². The molecule has 2 N–H and O–H groups in total. The Morgan fingerprint density at radius 2 is 1.70 bits per heavy atom.